The van der Waals surface area contributed by atoms with Gasteiger partial charge in [0.25, 0.3) is 0 Å². The molecule has 0 nitrogen and oxygen atoms in total. The number of hydrogen-bond acceptors (Lipinski definition) is 0. The summed E-state index contributed by atoms with van der Waals surface area (Å²) in [5, 5.41) is 5.04. The summed E-state index contributed by atoms with van der Waals surface area (Å²) in [5.74, 6) is 0. The van der Waals surface area contributed by atoms with Gasteiger partial charge in [0.2, 0.25) is 0 Å². The van der Waals surface area contributed by atoms with Gasteiger partial charge in [0.1, 0.15) is 0 Å². The molecule has 0 saturated carbocycles. The maximum atomic E-state index is 2.52. The van der Waals surface area contributed by atoms with Crippen LogP contribution >= 0.6 is 0 Å². The standard InChI is InChI=1S/C6H7.C2H5.2CH3.Ti/c1-6-4-2-3-5-6;1-2;;;/h2,4H,3H2,1H3;1H2,2H3;2*1H3;. The number of rotatable bonds is 2. The Kier molecular flexibility index (Phi) is 2.77. The van der Waals surface area contributed by atoms with Gasteiger partial charge >= 0.3 is 73.6 Å². The third-order valence-corrected chi connectivity index (χ3v) is 9.11. The van der Waals surface area contributed by atoms with E-state index in [-0.39, 0.29) is 0 Å². The van der Waals surface area contributed by atoms with E-state index in [1.54, 1.807) is 5.57 Å². The Hall–Kier alpha value is 0.194. The molecule has 0 fully saturated rings. The Labute approximate surface area is 73.7 Å². The van der Waals surface area contributed by atoms with Crippen LogP contribution in [0.3, 0.4) is 0 Å². The summed E-state index contributed by atoms with van der Waals surface area (Å²) in [6, 6.07) is 0. The molecule has 0 radical (unpaired) electrons. The molecule has 0 bridgehead atoms. The van der Waals surface area contributed by atoms with E-state index in [1.807, 2.05) is 3.88 Å². The first-order valence-electron chi connectivity index (χ1n) is 4.44. The van der Waals surface area contributed by atoms with Crippen LogP contribution in [0.15, 0.2) is 21.6 Å². The summed E-state index contributed by atoms with van der Waals surface area (Å²) in [6.07, 6.45) is 5.86. The average molecular weight is 186 g/mol. The number of allylic oxidation sites excluding steroid dienone is 4. The molecule has 0 unspecified atom stereocenters. The summed E-state index contributed by atoms with van der Waals surface area (Å²) >= 11 is -1.48. The van der Waals surface area contributed by atoms with Gasteiger partial charge in [0.15, 0.2) is 0 Å². The molecule has 1 aliphatic rings. The van der Waals surface area contributed by atoms with E-state index in [0.29, 0.717) is 0 Å². The Bertz CT molecular complexity index is 209. The van der Waals surface area contributed by atoms with Crippen LogP contribution in [0.2, 0.25) is 15.2 Å². The zero-order chi connectivity index (χ0) is 8.48. The van der Waals surface area contributed by atoms with E-state index in [1.165, 1.54) is 11.1 Å². The van der Waals surface area contributed by atoms with Crippen molar-refractivity contribution >= 4 is 0 Å². The van der Waals surface area contributed by atoms with Crippen molar-refractivity contribution in [2.75, 3.05) is 0 Å². The molecular weight excluding hydrogens is 168 g/mol. The fraction of sp³-hybridized carbons (Fsp3) is 0.600. The van der Waals surface area contributed by atoms with Crippen molar-refractivity contribution < 1.29 is 16.6 Å². The zero-order valence-corrected chi connectivity index (χ0v) is 9.63. The van der Waals surface area contributed by atoms with Crippen molar-refractivity contribution in [3.63, 3.8) is 0 Å². The van der Waals surface area contributed by atoms with Crippen molar-refractivity contribution in [1.82, 2.24) is 0 Å². The van der Waals surface area contributed by atoms with Gasteiger partial charge in [-0.2, -0.15) is 0 Å². The second kappa shape index (κ2) is 3.29. The molecule has 0 aromatic heterocycles. The molecule has 0 aromatic rings. The van der Waals surface area contributed by atoms with Crippen molar-refractivity contribution in [2.45, 2.75) is 35.5 Å². The van der Waals surface area contributed by atoms with Gasteiger partial charge in [-0.25, -0.2) is 0 Å². The predicted octanol–water partition coefficient (Wildman–Crippen LogP) is 3.91. The average Bonchev–Trinajstić information content (AvgIpc) is 2.36. The molecule has 0 amide bonds. The van der Waals surface area contributed by atoms with Crippen LogP contribution in [0.5, 0.6) is 0 Å². The van der Waals surface area contributed by atoms with Gasteiger partial charge < -0.3 is 0 Å². The normalized spacial score (nSPS) is 18.2. The second-order valence-electron chi connectivity index (χ2n) is 4.01. The van der Waals surface area contributed by atoms with E-state index >= 15 is 0 Å². The third kappa shape index (κ3) is 1.86. The Morgan fingerprint density at radius 2 is 2.09 bits per heavy atom. The molecule has 0 saturated heterocycles. The first-order chi connectivity index (χ1) is 5.08. The second-order valence-corrected chi connectivity index (χ2v) is 11.9. The van der Waals surface area contributed by atoms with Gasteiger partial charge in [-0.15, -0.1) is 0 Å². The molecule has 62 valence electrons. The van der Waals surface area contributed by atoms with Gasteiger partial charge in [-0.05, 0) is 0 Å². The summed E-state index contributed by atoms with van der Waals surface area (Å²) in [5.41, 5.74) is 1.57. The van der Waals surface area contributed by atoms with Crippen LogP contribution in [0.1, 0.15) is 20.3 Å². The minimum atomic E-state index is -1.48. The van der Waals surface area contributed by atoms with E-state index < -0.39 is 16.6 Å². The first-order valence-corrected chi connectivity index (χ1v) is 9.45. The van der Waals surface area contributed by atoms with Crippen LogP contribution in [-0.4, -0.2) is 0 Å². The molecule has 1 heteroatoms. The topological polar surface area (TPSA) is 0 Å². The third-order valence-electron chi connectivity index (χ3n) is 2.87. The molecular formula is C10H18Ti. The maximum absolute atomic E-state index is 2.52. The van der Waals surface area contributed by atoms with Gasteiger partial charge in [-0.1, -0.05) is 0 Å². The van der Waals surface area contributed by atoms with E-state index in [2.05, 4.69) is 36.5 Å². The first kappa shape index (κ1) is 9.28. The van der Waals surface area contributed by atoms with Gasteiger partial charge in [0, 0.05) is 0 Å². The quantitative estimate of drug-likeness (QED) is 0.573. The molecule has 0 atom stereocenters. The van der Waals surface area contributed by atoms with Crippen molar-refractivity contribution in [2.24, 2.45) is 0 Å². The van der Waals surface area contributed by atoms with Crippen LogP contribution in [-0.2, 0) is 16.6 Å². The predicted molar refractivity (Wildman–Crippen MR) is 48.7 cm³/mol. The fourth-order valence-corrected chi connectivity index (χ4v) is 5.15. The van der Waals surface area contributed by atoms with E-state index in [9.17, 15) is 0 Å². The van der Waals surface area contributed by atoms with E-state index in [0.717, 1.165) is 0 Å². The summed E-state index contributed by atoms with van der Waals surface area (Å²) in [6.45, 7) is 4.61. The Morgan fingerprint density at radius 1 is 1.45 bits per heavy atom. The summed E-state index contributed by atoms with van der Waals surface area (Å²) in [4.78, 5) is 0. The number of hydrogen-bond donors (Lipinski definition) is 0. The summed E-state index contributed by atoms with van der Waals surface area (Å²) < 4.78 is 3.24. The molecule has 1 aliphatic carbocycles. The summed E-state index contributed by atoms with van der Waals surface area (Å²) in [7, 11) is 0. The molecule has 0 aliphatic heterocycles. The van der Waals surface area contributed by atoms with Crippen LogP contribution in [0.4, 0.5) is 0 Å². The monoisotopic (exact) mass is 186 g/mol. The van der Waals surface area contributed by atoms with Crippen LogP contribution in [0.25, 0.3) is 0 Å². The Balaban J connectivity index is 2.85. The molecule has 0 heterocycles. The van der Waals surface area contributed by atoms with Crippen molar-refractivity contribution in [3.8, 4) is 0 Å². The van der Waals surface area contributed by atoms with E-state index in [4.69, 9.17) is 0 Å². The Morgan fingerprint density at radius 3 is 2.45 bits per heavy atom. The SMILES string of the molecule is C[CH2][Ti]([CH3])([CH3])[C]1=C(C)C=CC1. The molecule has 0 aromatic carbocycles. The minimum absolute atomic E-state index is 1.26. The fourth-order valence-electron chi connectivity index (χ4n) is 1.64. The molecule has 0 spiro atoms. The molecule has 1 rings (SSSR count). The molecule has 11 heavy (non-hydrogen) atoms. The van der Waals surface area contributed by atoms with Crippen molar-refractivity contribution in [1.29, 1.82) is 0 Å². The zero-order valence-electron chi connectivity index (χ0n) is 8.07. The van der Waals surface area contributed by atoms with Crippen molar-refractivity contribution in [3.05, 3.63) is 21.6 Å². The van der Waals surface area contributed by atoms with Gasteiger partial charge in [0.05, 0.1) is 0 Å². The van der Waals surface area contributed by atoms with Crippen LogP contribution < -0.4 is 0 Å². The molecule has 0 N–H and O–H groups in total. The van der Waals surface area contributed by atoms with Crippen LogP contribution in [0, 0.1) is 0 Å². The van der Waals surface area contributed by atoms with Gasteiger partial charge in [-0.3, -0.25) is 0 Å².